The van der Waals surface area contributed by atoms with Crippen molar-refractivity contribution in [1.82, 2.24) is 4.31 Å². The summed E-state index contributed by atoms with van der Waals surface area (Å²) in [5, 5.41) is 0.734. The second kappa shape index (κ2) is 7.04. The summed E-state index contributed by atoms with van der Waals surface area (Å²) in [4.78, 5) is 2.50. The van der Waals surface area contributed by atoms with Crippen molar-refractivity contribution in [3.05, 3.63) is 57.5 Å². The van der Waals surface area contributed by atoms with Gasteiger partial charge in [-0.2, -0.15) is 4.31 Å². The summed E-state index contributed by atoms with van der Waals surface area (Å²) in [6.07, 6.45) is 0. The number of piperazine rings is 1. The monoisotopic (exact) mass is 428 g/mol. The van der Waals surface area contributed by atoms with E-state index >= 15 is 0 Å². The van der Waals surface area contributed by atoms with E-state index in [1.807, 2.05) is 25.1 Å². The van der Waals surface area contributed by atoms with Crippen LogP contribution in [0, 0.1) is 6.92 Å². The number of hydrogen-bond acceptors (Lipinski definition) is 3. The molecule has 0 N–H and O–H groups in total. The van der Waals surface area contributed by atoms with E-state index in [1.54, 1.807) is 28.6 Å². The summed E-state index contributed by atoms with van der Waals surface area (Å²) in [5.41, 5.74) is 2.07. The molecule has 1 aliphatic heterocycles. The Morgan fingerprint density at radius 3 is 2.21 bits per heavy atom. The van der Waals surface area contributed by atoms with Gasteiger partial charge in [0.25, 0.3) is 0 Å². The van der Waals surface area contributed by atoms with E-state index in [4.69, 9.17) is 11.6 Å². The summed E-state index contributed by atoms with van der Waals surface area (Å²) in [5.74, 6) is 0. The fraction of sp³-hybridized carbons (Fsp3) is 0.294. The Hall–Kier alpha value is -1.08. The Bertz CT molecular complexity index is 832. The first-order valence-corrected chi connectivity index (χ1v) is 10.3. The predicted molar refractivity (Wildman–Crippen MR) is 101 cm³/mol. The molecule has 1 aliphatic rings. The van der Waals surface area contributed by atoms with Gasteiger partial charge >= 0.3 is 0 Å². The number of nitrogens with zero attached hydrogens (tertiary/aromatic N) is 2. The van der Waals surface area contributed by atoms with Crippen molar-refractivity contribution in [3.8, 4) is 0 Å². The summed E-state index contributed by atoms with van der Waals surface area (Å²) >= 11 is 9.52. The van der Waals surface area contributed by atoms with Gasteiger partial charge in [0.15, 0.2) is 0 Å². The van der Waals surface area contributed by atoms with Crippen LogP contribution in [0.2, 0.25) is 5.02 Å². The van der Waals surface area contributed by atoms with Gasteiger partial charge in [-0.1, -0.05) is 33.6 Å². The molecule has 2 aromatic carbocycles. The Balaban J connectivity index is 1.72. The first-order valence-electron chi connectivity index (χ1n) is 7.65. The van der Waals surface area contributed by atoms with Crippen LogP contribution in [0.1, 0.15) is 5.56 Å². The lowest BCUT2D eigenvalue weighted by atomic mass is 10.2. The second-order valence-corrected chi connectivity index (χ2v) is 9.04. The molecule has 24 heavy (non-hydrogen) atoms. The molecule has 7 heteroatoms. The molecule has 0 atom stereocenters. The van der Waals surface area contributed by atoms with Gasteiger partial charge in [0.05, 0.1) is 4.90 Å². The van der Waals surface area contributed by atoms with Gasteiger partial charge in [0.2, 0.25) is 10.0 Å². The maximum Gasteiger partial charge on any atom is 0.243 e. The lowest BCUT2D eigenvalue weighted by molar-refractivity contribution is 0.385. The molecule has 1 heterocycles. The zero-order valence-corrected chi connectivity index (χ0v) is 16.4. The number of rotatable bonds is 3. The van der Waals surface area contributed by atoms with E-state index < -0.39 is 10.0 Å². The zero-order valence-electron chi connectivity index (χ0n) is 13.2. The Morgan fingerprint density at radius 2 is 1.62 bits per heavy atom. The first-order chi connectivity index (χ1) is 11.4. The molecule has 0 amide bonds. The van der Waals surface area contributed by atoms with Gasteiger partial charge in [0, 0.05) is 41.4 Å². The van der Waals surface area contributed by atoms with Crippen LogP contribution in [-0.4, -0.2) is 38.9 Å². The lowest BCUT2D eigenvalue weighted by Crippen LogP contribution is -2.48. The molecule has 128 valence electrons. The molecule has 3 rings (SSSR count). The van der Waals surface area contributed by atoms with Crippen molar-refractivity contribution >= 4 is 43.2 Å². The fourth-order valence-electron chi connectivity index (χ4n) is 2.72. The minimum atomic E-state index is -3.44. The van der Waals surface area contributed by atoms with Crippen molar-refractivity contribution in [3.63, 3.8) is 0 Å². The van der Waals surface area contributed by atoms with Crippen LogP contribution in [0.5, 0.6) is 0 Å². The van der Waals surface area contributed by atoms with Crippen molar-refractivity contribution in [1.29, 1.82) is 0 Å². The van der Waals surface area contributed by atoms with Crippen molar-refractivity contribution in [2.24, 2.45) is 0 Å². The van der Waals surface area contributed by atoms with E-state index in [9.17, 15) is 8.42 Å². The molecule has 1 saturated heterocycles. The van der Waals surface area contributed by atoms with Gasteiger partial charge in [-0.05, 0) is 48.9 Å². The molecule has 0 radical (unpaired) electrons. The fourth-order valence-corrected chi connectivity index (χ4v) is 4.58. The lowest BCUT2D eigenvalue weighted by Gasteiger charge is -2.35. The number of aryl methyl sites for hydroxylation is 1. The highest BCUT2D eigenvalue weighted by molar-refractivity contribution is 9.10. The molecule has 0 unspecified atom stereocenters. The zero-order chi connectivity index (χ0) is 17.3. The number of halogens is 2. The smallest absolute Gasteiger partial charge is 0.243 e. The topological polar surface area (TPSA) is 40.6 Å². The number of anilines is 1. The average molecular weight is 430 g/mol. The van der Waals surface area contributed by atoms with Crippen LogP contribution < -0.4 is 4.90 Å². The van der Waals surface area contributed by atoms with Gasteiger partial charge in [0.1, 0.15) is 0 Å². The second-order valence-electron chi connectivity index (χ2n) is 5.78. The predicted octanol–water partition coefficient (Wildman–Crippen LogP) is 3.92. The third-order valence-corrected chi connectivity index (χ3v) is 7.06. The number of sulfonamides is 1. The number of benzene rings is 2. The molecule has 0 spiro atoms. The highest BCUT2D eigenvalue weighted by atomic mass is 79.9. The molecular weight excluding hydrogens is 412 g/mol. The molecule has 0 aliphatic carbocycles. The van der Waals surface area contributed by atoms with Crippen LogP contribution in [0.15, 0.2) is 51.8 Å². The third-order valence-electron chi connectivity index (χ3n) is 4.21. The quantitative estimate of drug-likeness (QED) is 0.742. The standard InChI is InChI=1S/C17H18BrClN2O2S/c1-13-2-5-15(12-17(13)19)20-8-10-21(11-9-20)24(22,23)16-6-3-14(18)4-7-16/h2-7,12H,8-11H2,1H3. The summed E-state index contributed by atoms with van der Waals surface area (Å²) in [6, 6.07) is 12.7. The van der Waals surface area contributed by atoms with Gasteiger partial charge in [-0.15, -0.1) is 0 Å². The van der Waals surface area contributed by atoms with E-state index in [2.05, 4.69) is 20.8 Å². The van der Waals surface area contributed by atoms with Gasteiger partial charge in [-0.25, -0.2) is 8.42 Å². The van der Waals surface area contributed by atoms with Crippen molar-refractivity contribution in [2.75, 3.05) is 31.1 Å². The molecule has 2 aromatic rings. The van der Waals surface area contributed by atoms with Crippen LogP contribution in [-0.2, 0) is 10.0 Å². The molecule has 0 aromatic heterocycles. The molecular formula is C17H18BrClN2O2S. The van der Waals surface area contributed by atoms with Crippen LogP contribution in [0.4, 0.5) is 5.69 Å². The molecule has 0 bridgehead atoms. The van der Waals surface area contributed by atoms with Crippen LogP contribution in [0.25, 0.3) is 0 Å². The highest BCUT2D eigenvalue weighted by Crippen LogP contribution is 2.26. The van der Waals surface area contributed by atoms with Crippen LogP contribution in [0.3, 0.4) is 0 Å². The van der Waals surface area contributed by atoms with Gasteiger partial charge < -0.3 is 4.90 Å². The minimum absolute atomic E-state index is 0.331. The van der Waals surface area contributed by atoms with E-state index in [0.717, 1.165) is 20.7 Å². The van der Waals surface area contributed by atoms with E-state index in [1.165, 1.54) is 0 Å². The molecule has 4 nitrogen and oxygen atoms in total. The Kier molecular flexibility index (Phi) is 5.20. The normalized spacial score (nSPS) is 16.4. The maximum atomic E-state index is 12.7. The van der Waals surface area contributed by atoms with E-state index in [0.29, 0.717) is 31.1 Å². The minimum Gasteiger partial charge on any atom is -0.369 e. The number of hydrogen-bond donors (Lipinski definition) is 0. The molecule has 1 fully saturated rings. The average Bonchev–Trinajstić information content (AvgIpc) is 2.58. The van der Waals surface area contributed by atoms with E-state index in [-0.39, 0.29) is 0 Å². The summed E-state index contributed by atoms with van der Waals surface area (Å²) in [7, 11) is -3.44. The Labute approximate surface area is 156 Å². The van der Waals surface area contributed by atoms with Crippen molar-refractivity contribution in [2.45, 2.75) is 11.8 Å². The third kappa shape index (κ3) is 3.61. The Morgan fingerprint density at radius 1 is 1.00 bits per heavy atom. The summed E-state index contributed by atoms with van der Waals surface area (Å²) < 4.78 is 27.8. The summed E-state index contributed by atoms with van der Waals surface area (Å²) in [6.45, 7) is 4.19. The molecule has 0 saturated carbocycles. The maximum absolute atomic E-state index is 12.7. The highest BCUT2D eigenvalue weighted by Gasteiger charge is 2.28. The largest absolute Gasteiger partial charge is 0.369 e. The van der Waals surface area contributed by atoms with Gasteiger partial charge in [-0.3, -0.25) is 0 Å². The SMILES string of the molecule is Cc1ccc(N2CCN(S(=O)(=O)c3ccc(Br)cc3)CC2)cc1Cl. The van der Waals surface area contributed by atoms with Crippen LogP contribution >= 0.6 is 27.5 Å². The van der Waals surface area contributed by atoms with Crippen molar-refractivity contribution < 1.29 is 8.42 Å². The first kappa shape index (κ1) is 17.7.